The molecule has 4 saturated heterocycles. The highest BCUT2D eigenvalue weighted by Gasteiger charge is 2.64. The van der Waals surface area contributed by atoms with E-state index in [9.17, 15) is 9.59 Å². The van der Waals surface area contributed by atoms with Crippen LogP contribution in [0.5, 0.6) is 0 Å². The van der Waals surface area contributed by atoms with E-state index in [1.54, 1.807) is 26.4 Å². The molecule has 0 radical (unpaired) electrons. The van der Waals surface area contributed by atoms with Crippen molar-refractivity contribution in [3.8, 4) is 0 Å². The van der Waals surface area contributed by atoms with Crippen LogP contribution in [0.25, 0.3) is 0 Å². The first-order valence-electron chi connectivity index (χ1n) is 29.4. The minimum atomic E-state index is -3.24. The van der Waals surface area contributed by atoms with Gasteiger partial charge in [-0.1, -0.05) is 202 Å². The number of hydrogen-bond donors (Lipinski definition) is 0. The van der Waals surface area contributed by atoms with Crippen molar-refractivity contribution in [2.75, 3.05) is 20.8 Å². The minimum Gasteiger partial charge on any atom is -0.462 e. The molecule has 0 aliphatic carbocycles. The maximum absolute atomic E-state index is 14.8. The minimum absolute atomic E-state index is 0.0277. The second-order valence-corrected chi connectivity index (χ2v) is 33.6. The zero-order valence-electron chi connectivity index (χ0n) is 49.2. The van der Waals surface area contributed by atoms with Gasteiger partial charge in [0.1, 0.15) is 36.3 Å². The second-order valence-electron chi connectivity index (χ2n) is 25.1. The van der Waals surface area contributed by atoms with Crippen molar-refractivity contribution in [2.45, 2.75) is 185 Å². The first kappa shape index (κ1) is 60.0. The molecular formula is C67H88O11Si2. The summed E-state index contributed by atoms with van der Waals surface area (Å²) in [6.45, 7) is 20.6. The SMILES string of the molecule is CCC1O[C@H]2[C@@H](O[Si](c3ccccc3)(c3ccccc3)C(C)(C)C)[C@H]3O[C@@H](CC(=O)CC4[C@H](CC(OC)OC)O[C@H](C[C@H](C)COC(=O)c5ccccc5)[C@@H]4C)CC[C@@H]3O[C@H]2[C@H]1O[Si](c1ccccc1)(c1ccccc1)C(C)(C)C. The molecule has 0 aromatic heterocycles. The molecule has 13 heteroatoms. The molecule has 9 rings (SSSR count). The van der Waals surface area contributed by atoms with Gasteiger partial charge in [0.2, 0.25) is 0 Å². The van der Waals surface area contributed by atoms with E-state index >= 15 is 0 Å². The number of ketones is 1. The van der Waals surface area contributed by atoms with Gasteiger partial charge in [0.15, 0.2) is 6.29 Å². The number of rotatable bonds is 22. The summed E-state index contributed by atoms with van der Waals surface area (Å²) in [6.07, 6.45) is -0.764. The molecule has 4 aliphatic heterocycles. The van der Waals surface area contributed by atoms with Gasteiger partial charge < -0.3 is 42.0 Å². The lowest BCUT2D eigenvalue weighted by Crippen LogP contribution is -2.73. The van der Waals surface area contributed by atoms with Crippen LogP contribution in [0.2, 0.25) is 10.1 Å². The number of fused-ring (bicyclic) bond motifs is 2. The first-order chi connectivity index (χ1) is 38.4. The highest BCUT2D eigenvalue weighted by atomic mass is 28.4. The Kier molecular flexibility index (Phi) is 19.4. The Labute approximate surface area is 478 Å². The molecule has 0 N–H and O–H groups in total. The van der Waals surface area contributed by atoms with E-state index in [4.69, 9.17) is 42.0 Å². The summed E-state index contributed by atoms with van der Waals surface area (Å²) in [5.74, 6) is -0.243. The fourth-order valence-corrected chi connectivity index (χ4v) is 23.1. The number of benzene rings is 5. The molecule has 4 fully saturated rings. The van der Waals surface area contributed by atoms with Crippen molar-refractivity contribution in [3.05, 3.63) is 157 Å². The number of carbonyl (C=O) groups is 2. The number of methoxy groups -OCH3 is 2. The van der Waals surface area contributed by atoms with Crippen LogP contribution >= 0.6 is 0 Å². The smallest absolute Gasteiger partial charge is 0.338 e. The molecule has 13 atom stereocenters. The van der Waals surface area contributed by atoms with E-state index < -0.39 is 53.4 Å². The van der Waals surface area contributed by atoms with E-state index in [0.717, 1.165) is 0 Å². The van der Waals surface area contributed by atoms with Crippen LogP contribution in [-0.2, 0) is 46.8 Å². The number of hydrogen-bond acceptors (Lipinski definition) is 11. The topological polar surface area (TPSA) is 117 Å². The van der Waals surface area contributed by atoms with Gasteiger partial charge in [-0.3, -0.25) is 4.79 Å². The summed E-state index contributed by atoms with van der Waals surface area (Å²) < 4.78 is 62.7. The lowest BCUT2D eigenvalue weighted by atomic mass is 9.80. The molecule has 11 nitrogen and oxygen atoms in total. The maximum Gasteiger partial charge on any atom is 0.338 e. The van der Waals surface area contributed by atoms with Crippen molar-refractivity contribution in [3.63, 3.8) is 0 Å². The van der Waals surface area contributed by atoms with Gasteiger partial charge >= 0.3 is 5.97 Å². The van der Waals surface area contributed by atoms with Crippen LogP contribution in [0.3, 0.4) is 0 Å². The standard InChI is InChI=1S/C67H88O11Si2/c1-12-55-61(77-79(66(4,5)6,50-30-20-14-21-31-50)51-32-22-15-23-33-51)62-63(75-55)64(78-80(67(7,8)9,52-34-24-16-25-35-52)53-36-26-17-27-37-53)60-56(76-62)39-38-49(73-60)41-48(68)42-54-46(3)57(74-58(54)43-59(70-10)71-11)40-45(2)44-72-65(69)47-28-18-13-19-29-47/h13-37,45-46,49,54-64H,12,38-44H2,1-11H3/t45-,46+,49+,54?,55?,56-,57+,58-,60-,61-,62-,63+,64-/m0/s1. The molecule has 4 aliphatic rings. The molecule has 0 amide bonds. The monoisotopic (exact) mass is 1120 g/mol. The van der Waals surface area contributed by atoms with Gasteiger partial charge in [-0.15, -0.1) is 0 Å². The Balaban J connectivity index is 1.02. The third-order valence-electron chi connectivity index (χ3n) is 17.8. The molecule has 0 bridgehead atoms. The van der Waals surface area contributed by atoms with Crippen molar-refractivity contribution in [2.24, 2.45) is 17.8 Å². The van der Waals surface area contributed by atoms with Crippen LogP contribution < -0.4 is 20.7 Å². The van der Waals surface area contributed by atoms with E-state index in [0.29, 0.717) is 44.1 Å². The van der Waals surface area contributed by atoms with Gasteiger partial charge in [-0.05, 0) is 86.4 Å². The van der Waals surface area contributed by atoms with Crippen LogP contribution in [-0.4, -0.2) is 117 Å². The number of Topliss-reactive ketones (excluding diaryl/α,β-unsaturated/α-hetero) is 1. The van der Waals surface area contributed by atoms with Crippen LogP contribution in [0.15, 0.2) is 152 Å². The molecule has 80 heavy (non-hydrogen) atoms. The zero-order chi connectivity index (χ0) is 56.8. The molecular weight excluding hydrogens is 1040 g/mol. The Hall–Kier alpha value is -4.65. The first-order valence-corrected chi connectivity index (χ1v) is 33.2. The predicted molar refractivity (Wildman–Crippen MR) is 319 cm³/mol. The van der Waals surface area contributed by atoms with Gasteiger partial charge in [0.05, 0.1) is 42.7 Å². The number of carbonyl (C=O) groups excluding carboxylic acids is 2. The summed E-state index contributed by atoms with van der Waals surface area (Å²) in [5.41, 5.74) is 0.524. The van der Waals surface area contributed by atoms with Crippen molar-refractivity contribution < 1.29 is 51.6 Å². The summed E-state index contributed by atoms with van der Waals surface area (Å²) in [7, 11) is -3.08. The Morgan fingerprint density at radius 3 is 1.51 bits per heavy atom. The second kappa shape index (κ2) is 25.9. The van der Waals surface area contributed by atoms with Gasteiger partial charge in [-0.2, -0.15) is 0 Å². The van der Waals surface area contributed by atoms with E-state index in [2.05, 4.69) is 184 Å². The summed E-state index contributed by atoms with van der Waals surface area (Å²) in [5, 5.41) is 4.11. The summed E-state index contributed by atoms with van der Waals surface area (Å²) in [4.78, 5) is 27.6. The van der Waals surface area contributed by atoms with E-state index in [1.165, 1.54) is 20.7 Å². The number of esters is 1. The maximum atomic E-state index is 14.8. The molecule has 430 valence electrons. The summed E-state index contributed by atoms with van der Waals surface area (Å²) in [6, 6.07) is 52.2. The third-order valence-corrected chi connectivity index (χ3v) is 27.8. The lowest BCUT2D eigenvalue weighted by Gasteiger charge is -2.53. The largest absolute Gasteiger partial charge is 0.462 e. The van der Waals surface area contributed by atoms with Gasteiger partial charge in [0.25, 0.3) is 16.6 Å². The van der Waals surface area contributed by atoms with Crippen LogP contribution in [0.4, 0.5) is 0 Å². The zero-order valence-corrected chi connectivity index (χ0v) is 51.2. The van der Waals surface area contributed by atoms with Crippen LogP contribution in [0, 0.1) is 17.8 Å². The lowest BCUT2D eigenvalue weighted by molar-refractivity contribution is -0.254. The summed E-state index contributed by atoms with van der Waals surface area (Å²) >= 11 is 0. The third kappa shape index (κ3) is 12.5. The molecule has 2 unspecified atom stereocenters. The van der Waals surface area contributed by atoms with Crippen molar-refractivity contribution in [1.82, 2.24) is 0 Å². The predicted octanol–water partition coefficient (Wildman–Crippen LogP) is 10.6. The Morgan fingerprint density at radius 2 is 1.04 bits per heavy atom. The molecule has 4 heterocycles. The quantitative estimate of drug-likeness (QED) is 0.0375. The highest BCUT2D eigenvalue weighted by molar-refractivity contribution is 7.00. The normalized spacial score (nSPS) is 27.6. The average molecular weight is 1130 g/mol. The van der Waals surface area contributed by atoms with Crippen LogP contribution in [0.1, 0.15) is 118 Å². The molecule has 5 aromatic carbocycles. The fraction of sp³-hybridized carbons (Fsp3) is 0.522. The average Bonchev–Trinajstić information content (AvgIpc) is 4.11. The number of ether oxygens (including phenoxy) is 7. The highest BCUT2D eigenvalue weighted by Crippen LogP contribution is 2.49. The molecule has 0 spiro atoms. The molecule has 0 saturated carbocycles. The van der Waals surface area contributed by atoms with E-state index in [-0.39, 0.29) is 83.1 Å². The van der Waals surface area contributed by atoms with Gasteiger partial charge in [0, 0.05) is 33.5 Å². The Bertz CT molecular complexity index is 2660. The van der Waals surface area contributed by atoms with Crippen molar-refractivity contribution >= 4 is 49.1 Å². The molecule has 5 aromatic rings. The Morgan fingerprint density at radius 1 is 0.562 bits per heavy atom. The fourth-order valence-electron chi connectivity index (χ4n) is 13.7. The van der Waals surface area contributed by atoms with E-state index in [1.807, 2.05) is 18.2 Å². The van der Waals surface area contributed by atoms with Crippen molar-refractivity contribution in [1.29, 1.82) is 0 Å². The van der Waals surface area contributed by atoms with Gasteiger partial charge in [-0.25, -0.2) is 4.79 Å².